The van der Waals surface area contributed by atoms with Gasteiger partial charge in [0, 0.05) is 19.4 Å². The maximum absolute atomic E-state index is 10.5. The number of benzene rings is 1. The van der Waals surface area contributed by atoms with Crippen LogP contribution in [-0.4, -0.2) is 37.9 Å². The molecular formula is C14H18N4O3. The van der Waals surface area contributed by atoms with Gasteiger partial charge in [-0.15, -0.1) is 5.10 Å². The van der Waals surface area contributed by atoms with Gasteiger partial charge >= 0.3 is 5.97 Å². The van der Waals surface area contributed by atoms with E-state index in [0.717, 1.165) is 17.1 Å². The molecule has 1 N–H and O–H groups in total. The fraction of sp³-hybridized carbons (Fsp3) is 0.429. The van der Waals surface area contributed by atoms with Crippen LogP contribution < -0.4 is 4.74 Å². The van der Waals surface area contributed by atoms with E-state index < -0.39 is 5.97 Å². The predicted octanol–water partition coefficient (Wildman–Crippen LogP) is 1.53. The van der Waals surface area contributed by atoms with Crippen LogP contribution in [0.5, 0.6) is 5.75 Å². The summed E-state index contributed by atoms with van der Waals surface area (Å²) in [6.07, 6.45) is 1.23. The third-order valence-electron chi connectivity index (χ3n) is 2.96. The van der Waals surface area contributed by atoms with Crippen molar-refractivity contribution in [3.05, 3.63) is 35.7 Å². The molecular weight excluding hydrogens is 272 g/mol. The van der Waals surface area contributed by atoms with Gasteiger partial charge in [0.15, 0.2) is 5.82 Å². The lowest BCUT2D eigenvalue weighted by atomic mass is 10.1. The zero-order valence-corrected chi connectivity index (χ0v) is 11.9. The van der Waals surface area contributed by atoms with Crippen LogP contribution in [0.25, 0.3) is 0 Å². The fourth-order valence-electron chi connectivity index (χ4n) is 1.96. The Kier molecular flexibility index (Phi) is 5.25. The summed E-state index contributed by atoms with van der Waals surface area (Å²) in [6, 6.07) is 7.78. The highest BCUT2D eigenvalue weighted by atomic mass is 16.5. The van der Waals surface area contributed by atoms with Gasteiger partial charge in [0.05, 0.1) is 6.61 Å². The molecule has 0 saturated heterocycles. The van der Waals surface area contributed by atoms with E-state index in [1.807, 2.05) is 31.2 Å². The number of hydrogen-bond donors (Lipinski definition) is 1. The second kappa shape index (κ2) is 7.37. The molecule has 0 saturated carbocycles. The number of aryl methyl sites for hydroxylation is 1. The molecule has 1 aromatic carbocycles. The molecule has 0 spiro atoms. The van der Waals surface area contributed by atoms with Gasteiger partial charge in [0.1, 0.15) is 5.75 Å². The van der Waals surface area contributed by atoms with E-state index in [9.17, 15) is 4.79 Å². The summed E-state index contributed by atoms with van der Waals surface area (Å²) in [5.74, 6) is 0.753. The molecule has 0 amide bonds. The summed E-state index contributed by atoms with van der Waals surface area (Å²) < 4.78 is 7.05. The molecule has 2 aromatic rings. The Labute approximate surface area is 122 Å². The van der Waals surface area contributed by atoms with E-state index >= 15 is 0 Å². The Morgan fingerprint density at radius 2 is 2.10 bits per heavy atom. The molecule has 0 bridgehead atoms. The van der Waals surface area contributed by atoms with Gasteiger partial charge in [-0.05, 0) is 41.5 Å². The topological polar surface area (TPSA) is 90.1 Å². The van der Waals surface area contributed by atoms with E-state index in [-0.39, 0.29) is 6.42 Å². The van der Waals surface area contributed by atoms with E-state index in [4.69, 9.17) is 9.84 Å². The molecule has 0 aliphatic heterocycles. The highest BCUT2D eigenvalue weighted by molar-refractivity contribution is 5.66. The predicted molar refractivity (Wildman–Crippen MR) is 75.1 cm³/mol. The summed E-state index contributed by atoms with van der Waals surface area (Å²) in [4.78, 5) is 10.5. The second-order valence-corrected chi connectivity index (χ2v) is 4.57. The molecule has 0 aliphatic carbocycles. The summed E-state index contributed by atoms with van der Waals surface area (Å²) in [5, 5.41) is 20.2. The Hall–Kier alpha value is -2.44. The van der Waals surface area contributed by atoms with Crippen LogP contribution >= 0.6 is 0 Å². The lowest BCUT2D eigenvalue weighted by Gasteiger charge is -2.06. The third-order valence-corrected chi connectivity index (χ3v) is 2.96. The molecule has 7 heteroatoms. The van der Waals surface area contributed by atoms with E-state index in [2.05, 4.69) is 15.5 Å². The van der Waals surface area contributed by atoms with E-state index in [0.29, 0.717) is 26.0 Å². The zero-order chi connectivity index (χ0) is 15.1. The van der Waals surface area contributed by atoms with Crippen LogP contribution in [0.2, 0.25) is 0 Å². The van der Waals surface area contributed by atoms with Gasteiger partial charge in [-0.3, -0.25) is 4.79 Å². The minimum absolute atomic E-state index is 0.113. The van der Waals surface area contributed by atoms with Crippen molar-refractivity contribution in [2.75, 3.05) is 6.61 Å². The minimum Gasteiger partial charge on any atom is -0.494 e. The number of aromatic nitrogens is 4. The number of carbonyl (C=O) groups is 1. The number of rotatable bonds is 8. The summed E-state index contributed by atoms with van der Waals surface area (Å²) >= 11 is 0. The molecule has 2 rings (SSSR count). The Morgan fingerprint density at radius 1 is 1.33 bits per heavy atom. The molecule has 0 unspecified atom stereocenters. The number of tetrazole rings is 1. The first kappa shape index (κ1) is 15.0. The van der Waals surface area contributed by atoms with Gasteiger partial charge in [0.2, 0.25) is 0 Å². The first-order chi connectivity index (χ1) is 10.2. The SMILES string of the molecule is CCOc1ccc(Cc2nnnn2CCCC(=O)O)cc1. The molecule has 0 fully saturated rings. The molecule has 112 valence electrons. The zero-order valence-electron chi connectivity index (χ0n) is 11.9. The van der Waals surface area contributed by atoms with Crippen molar-refractivity contribution in [2.24, 2.45) is 0 Å². The highest BCUT2D eigenvalue weighted by Crippen LogP contribution is 2.14. The molecule has 1 aromatic heterocycles. The van der Waals surface area contributed by atoms with Crippen molar-refractivity contribution in [2.45, 2.75) is 32.7 Å². The molecule has 0 atom stereocenters. The molecule has 0 aliphatic rings. The first-order valence-electron chi connectivity index (χ1n) is 6.87. The third kappa shape index (κ3) is 4.55. The molecule has 0 radical (unpaired) electrons. The number of ether oxygens (including phenoxy) is 1. The smallest absolute Gasteiger partial charge is 0.303 e. The summed E-state index contributed by atoms with van der Waals surface area (Å²) in [7, 11) is 0. The largest absolute Gasteiger partial charge is 0.494 e. The van der Waals surface area contributed by atoms with Gasteiger partial charge < -0.3 is 9.84 Å². The number of nitrogens with zero attached hydrogens (tertiary/aromatic N) is 4. The standard InChI is InChI=1S/C14H18N4O3/c1-2-21-12-7-5-11(6-8-12)10-13-15-16-17-18(13)9-3-4-14(19)20/h5-8H,2-4,9-10H2,1H3,(H,19,20). The monoisotopic (exact) mass is 290 g/mol. The highest BCUT2D eigenvalue weighted by Gasteiger charge is 2.08. The molecule has 1 heterocycles. The molecule has 21 heavy (non-hydrogen) atoms. The lowest BCUT2D eigenvalue weighted by molar-refractivity contribution is -0.137. The summed E-state index contributed by atoms with van der Waals surface area (Å²) in [6.45, 7) is 3.09. The Morgan fingerprint density at radius 3 is 2.76 bits per heavy atom. The first-order valence-corrected chi connectivity index (χ1v) is 6.87. The van der Waals surface area contributed by atoms with Crippen molar-refractivity contribution in [3.63, 3.8) is 0 Å². The van der Waals surface area contributed by atoms with Crippen LogP contribution in [0.3, 0.4) is 0 Å². The normalized spacial score (nSPS) is 10.5. The van der Waals surface area contributed by atoms with Crippen molar-refractivity contribution in [1.82, 2.24) is 20.2 Å². The average Bonchev–Trinajstić information content (AvgIpc) is 2.88. The number of carboxylic acid groups (broad SMARTS) is 1. The van der Waals surface area contributed by atoms with Gasteiger partial charge in [-0.25, -0.2) is 4.68 Å². The summed E-state index contributed by atoms with van der Waals surface area (Å²) in [5.41, 5.74) is 1.08. The second-order valence-electron chi connectivity index (χ2n) is 4.57. The van der Waals surface area contributed by atoms with Crippen LogP contribution in [0.1, 0.15) is 31.2 Å². The van der Waals surface area contributed by atoms with Crippen molar-refractivity contribution in [3.8, 4) is 5.75 Å². The quantitative estimate of drug-likeness (QED) is 0.793. The maximum atomic E-state index is 10.5. The number of carboxylic acids is 1. The lowest BCUT2D eigenvalue weighted by Crippen LogP contribution is -2.08. The fourth-order valence-corrected chi connectivity index (χ4v) is 1.96. The molecule has 7 nitrogen and oxygen atoms in total. The van der Waals surface area contributed by atoms with Crippen LogP contribution in [0, 0.1) is 0 Å². The Bertz CT molecular complexity index is 580. The van der Waals surface area contributed by atoms with E-state index in [1.54, 1.807) is 4.68 Å². The van der Waals surface area contributed by atoms with E-state index in [1.165, 1.54) is 0 Å². The van der Waals surface area contributed by atoms with Gasteiger partial charge in [-0.1, -0.05) is 12.1 Å². The van der Waals surface area contributed by atoms with Crippen molar-refractivity contribution >= 4 is 5.97 Å². The van der Waals surface area contributed by atoms with Crippen LogP contribution in [-0.2, 0) is 17.8 Å². The average molecular weight is 290 g/mol. The maximum Gasteiger partial charge on any atom is 0.303 e. The Balaban J connectivity index is 1.96. The van der Waals surface area contributed by atoms with Gasteiger partial charge in [-0.2, -0.15) is 0 Å². The number of hydrogen-bond acceptors (Lipinski definition) is 5. The van der Waals surface area contributed by atoms with Crippen molar-refractivity contribution in [1.29, 1.82) is 0 Å². The van der Waals surface area contributed by atoms with Crippen LogP contribution in [0.15, 0.2) is 24.3 Å². The van der Waals surface area contributed by atoms with Crippen LogP contribution in [0.4, 0.5) is 0 Å². The van der Waals surface area contributed by atoms with Crippen molar-refractivity contribution < 1.29 is 14.6 Å². The van der Waals surface area contributed by atoms with Gasteiger partial charge in [0.25, 0.3) is 0 Å². The minimum atomic E-state index is -0.809. The number of aliphatic carboxylic acids is 1.